The summed E-state index contributed by atoms with van der Waals surface area (Å²) in [5, 5.41) is 0. The molecule has 0 aliphatic heterocycles. The van der Waals surface area contributed by atoms with E-state index in [4.69, 9.17) is 9.47 Å². The van der Waals surface area contributed by atoms with Crippen molar-refractivity contribution in [2.24, 2.45) is 0 Å². The van der Waals surface area contributed by atoms with Gasteiger partial charge in [0, 0.05) is 17.7 Å². The number of alkyl halides is 3. The van der Waals surface area contributed by atoms with Gasteiger partial charge in [0.1, 0.15) is 17.2 Å². The number of rotatable bonds is 4. The van der Waals surface area contributed by atoms with E-state index >= 15 is 0 Å². The third-order valence-corrected chi connectivity index (χ3v) is 3.19. The summed E-state index contributed by atoms with van der Waals surface area (Å²) in [5.74, 6) is -0.255. The summed E-state index contributed by atoms with van der Waals surface area (Å²) in [7, 11) is -3.16. The van der Waals surface area contributed by atoms with E-state index < -0.39 is 21.4 Å². The molecule has 5 nitrogen and oxygen atoms in total. The van der Waals surface area contributed by atoms with E-state index in [0.717, 1.165) is 12.1 Å². The maximum absolute atomic E-state index is 12.2. The molecular formula is C10H11F3O5S. The molecule has 0 atom stereocenters. The zero-order valence-electron chi connectivity index (χ0n) is 10.2. The predicted octanol–water partition coefficient (Wildman–Crippen LogP) is 2.24. The number of hydrogen-bond donors (Lipinski definition) is 0. The van der Waals surface area contributed by atoms with E-state index in [0.29, 0.717) is 5.56 Å². The normalized spacial score (nSPS) is 12.1. The van der Waals surface area contributed by atoms with Crippen LogP contribution < -0.4 is 13.7 Å². The van der Waals surface area contributed by atoms with Gasteiger partial charge in [-0.25, -0.2) is 0 Å². The monoisotopic (exact) mass is 300 g/mol. The Labute approximate surface area is 108 Å². The van der Waals surface area contributed by atoms with Gasteiger partial charge in [-0.2, -0.15) is 21.6 Å². The molecule has 0 aliphatic carbocycles. The number of methoxy groups -OCH3 is 2. The molecule has 0 fully saturated rings. The van der Waals surface area contributed by atoms with Crippen molar-refractivity contribution in [1.82, 2.24) is 0 Å². The Morgan fingerprint density at radius 2 is 1.47 bits per heavy atom. The number of halogens is 3. The lowest BCUT2D eigenvalue weighted by Gasteiger charge is -2.14. The second kappa shape index (κ2) is 5.16. The van der Waals surface area contributed by atoms with Gasteiger partial charge in [0.15, 0.2) is 0 Å². The van der Waals surface area contributed by atoms with E-state index in [9.17, 15) is 21.6 Å². The molecule has 0 saturated heterocycles. The zero-order valence-corrected chi connectivity index (χ0v) is 11.1. The van der Waals surface area contributed by atoms with Crippen molar-refractivity contribution >= 4 is 10.1 Å². The van der Waals surface area contributed by atoms with Crippen LogP contribution >= 0.6 is 0 Å². The minimum absolute atomic E-state index is 0.145. The molecule has 1 aromatic rings. The highest BCUT2D eigenvalue weighted by Crippen LogP contribution is 2.35. The molecule has 0 unspecified atom stereocenters. The molecule has 19 heavy (non-hydrogen) atoms. The fraction of sp³-hybridized carbons (Fsp3) is 0.400. The summed E-state index contributed by atoms with van der Waals surface area (Å²) >= 11 is 0. The summed E-state index contributed by atoms with van der Waals surface area (Å²) < 4.78 is 72.1. The lowest BCUT2D eigenvalue weighted by molar-refractivity contribution is -0.0500. The Morgan fingerprint density at radius 3 is 1.79 bits per heavy atom. The second-order valence-electron chi connectivity index (χ2n) is 3.44. The van der Waals surface area contributed by atoms with Gasteiger partial charge in [-0.3, -0.25) is 0 Å². The molecule has 0 N–H and O–H groups in total. The highest BCUT2D eigenvalue weighted by Gasteiger charge is 2.48. The van der Waals surface area contributed by atoms with Crippen LogP contribution in [-0.4, -0.2) is 28.1 Å². The standard InChI is InChI=1S/C10H11F3O5S/c1-6-8(16-2)4-7(5-9(6)17-3)18-19(14,15)10(11,12)13/h4-5H,1-3H3. The predicted molar refractivity (Wildman–Crippen MR) is 59.9 cm³/mol. The van der Waals surface area contributed by atoms with Gasteiger partial charge in [-0.1, -0.05) is 0 Å². The molecule has 0 amide bonds. The maximum atomic E-state index is 12.2. The van der Waals surface area contributed by atoms with Gasteiger partial charge >= 0.3 is 15.6 Å². The first kappa shape index (κ1) is 15.4. The van der Waals surface area contributed by atoms with Crippen molar-refractivity contribution < 1.29 is 35.2 Å². The van der Waals surface area contributed by atoms with E-state index in [1.165, 1.54) is 14.2 Å². The van der Waals surface area contributed by atoms with E-state index in [1.54, 1.807) is 6.92 Å². The minimum atomic E-state index is -5.72. The van der Waals surface area contributed by atoms with Gasteiger partial charge in [0.25, 0.3) is 0 Å². The Morgan fingerprint density at radius 1 is 1.05 bits per heavy atom. The van der Waals surface area contributed by atoms with Crippen LogP contribution in [0, 0.1) is 6.92 Å². The Hall–Kier alpha value is -1.64. The van der Waals surface area contributed by atoms with Crippen molar-refractivity contribution in [3.8, 4) is 17.2 Å². The molecule has 0 spiro atoms. The lowest BCUT2D eigenvalue weighted by Crippen LogP contribution is -2.28. The molecule has 0 saturated carbocycles. The van der Waals surface area contributed by atoms with Crippen LogP contribution in [0.3, 0.4) is 0 Å². The minimum Gasteiger partial charge on any atom is -0.496 e. The van der Waals surface area contributed by atoms with Crippen LogP contribution in [0.5, 0.6) is 17.2 Å². The molecule has 9 heteroatoms. The fourth-order valence-electron chi connectivity index (χ4n) is 1.28. The number of benzene rings is 1. The molecule has 0 radical (unpaired) electrons. The van der Waals surface area contributed by atoms with Gasteiger partial charge in [0.05, 0.1) is 14.2 Å². The van der Waals surface area contributed by atoms with Gasteiger partial charge < -0.3 is 13.7 Å². The summed E-state index contributed by atoms with van der Waals surface area (Å²) in [5.41, 5.74) is -5.00. The number of ether oxygens (including phenoxy) is 2. The molecule has 0 aliphatic rings. The fourth-order valence-corrected chi connectivity index (χ4v) is 1.73. The van der Waals surface area contributed by atoms with Crippen molar-refractivity contribution in [3.05, 3.63) is 17.7 Å². The van der Waals surface area contributed by atoms with E-state index in [2.05, 4.69) is 4.18 Å². The summed E-state index contributed by atoms with van der Waals surface area (Å²) in [6.07, 6.45) is 0. The van der Waals surface area contributed by atoms with Crippen molar-refractivity contribution in [3.63, 3.8) is 0 Å². The highest BCUT2D eigenvalue weighted by molar-refractivity contribution is 7.88. The first-order valence-electron chi connectivity index (χ1n) is 4.85. The van der Waals surface area contributed by atoms with Crippen molar-refractivity contribution in [2.75, 3.05) is 14.2 Å². The zero-order chi connectivity index (χ0) is 14.8. The average Bonchev–Trinajstić information content (AvgIpc) is 2.29. The van der Waals surface area contributed by atoms with Gasteiger partial charge in [0.2, 0.25) is 0 Å². The van der Waals surface area contributed by atoms with Crippen LogP contribution in [0.25, 0.3) is 0 Å². The number of hydrogen-bond acceptors (Lipinski definition) is 5. The maximum Gasteiger partial charge on any atom is 0.534 e. The topological polar surface area (TPSA) is 61.8 Å². The lowest BCUT2D eigenvalue weighted by atomic mass is 10.2. The second-order valence-corrected chi connectivity index (χ2v) is 4.97. The Bertz CT molecular complexity index is 540. The van der Waals surface area contributed by atoms with Gasteiger partial charge in [-0.15, -0.1) is 0 Å². The highest BCUT2D eigenvalue weighted by atomic mass is 32.2. The molecule has 0 bridgehead atoms. The molecule has 0 heterocycles. The van der Waals surface area contributed by atoms with Crippen LogP contribution in [0.4, 0.5) is 13.2 Å². The van der Waals surface area contributed by atoms with E-state index in [1.807, 2.05) is 0 Å². The third kappa shape index (κ3) is 3.22. The van der Waals surface area contributed by atoms with Crippen LogP contribution in [0.1, 0.15) is 5.56 Å². The van der Waals surface area contributed by atoms with Gasteiger partial charge in [-0.05, 0) is 6.92 Å². The SMILES string of the molecule is COc1cc(OS(=O)(=O)C(F)(F)F)cc(OC)c1C. The summed E-state index contributed by atoms with van der Waals surface area (Å²) in [6.45, 7) is 1.60. The third-order valence-electron chi connectivity index (χ3n) is 2.22. The van der Waals surface area contributed by atoms with Crippen LogP contribution in [0.15, 0.2) is 12.1 Å². The van der Waals surface area contributed by atoms with Crippen molar-refractivity contribution in [2.45, 2.75) is 12.4 Å². The molecular weight excluding hydrogens is 289 g/mol. The van der Waals surface area contributed by atoms with E-state index in [-0.39, 0.29) is 11.5 Å². The van der Waals surface area contributed by atoms with Crippen molar-refractivity contribution in [1.29, 1.82) is 0 Å². The van der Waals surface area contributed by atoms with Crippen LogP contribution in [0.2, 0.25) is 0 Å². The molecule has 108 valence electrons. The Balaban J connectivity index is 3.24. The van der Waals surface area contributed by atoms with Crippen LogP contribution in [-0.2, 0) is 10.1 Å². The first-order valence-corrected chi connectivity index (χ1v) is 6.26. The Kier molecular flexibility index (Phi) is 4.18. The smallest absolute Gasteiger partial charge is 0.496 e. The summed E-state index contributed by atoms with van der Waals surface area (Å²) in [6, 6.07) is 2.06. The first-order chi connectivity index (χ1) is 8.62. The quantitative estimate of drug-likeness (QED) is 0.630. The largest absolute Gasteiger partial charge is 0.534 e. The molecule has 1 aromatic carbocycles. The molecule has 0 aromatic heterocycles. The average molecular weight is 300 g/mol. The molecule has 1 rings (SSSR count). The summed E-state index contributed by atoms with van der Waals surface area (Å²) in [4.78, 5) is 0.